The first-order valence-corrected chi connectivity index (χ1v) is 10.00. The zero-order valence-electron chi connectivity index (χ0n) is 14.9. The summed E-state index contributed by atoms with van der Waals surface area (Å²) < 4.78 is 12.1. The molecule has 0 radical (unpaired) electrons. The van der Waals surface area contributed by atoms with E-state index in [4.69, 9.17) is 9.47 Å². The number of hydrogen-bond donors (Lipinski definition) is 0. The molecule has 1 aromatic carbocycles. The first-order chi connectivity index (χ1) is 12.6. The van der Waals surface area contributed by atoms with Crippen molar-refractivity contribution < 1.29 is 19.1 Å². The lowest BCUT2D eigenvalue weighted by Crippen LogP contribution is -2.52. The van der Waals surface area contributed by atoms with Crippen molar-refractivity contribution in [3.8, 4) is 5.75 Å². The van der Waals surface area contributed by atoms with Gasteiger partial charge < -0.3 is 19.3 Å². The Bertz CT molecular complexity index is 626. The van der Waals surface area contributed by atoms with E-state index in [9.17, 15) is 9.59 Å². The van der Waals surface area contributed by atoms with E-state index in [1.54, 1.807) is 0 Å². The maximum Gasteiger partial charge on any atom is 0.251 e. The van der Waals surface area contributed by atoms with Crippen LogP contribution in [0.25, 0.3) is 0 Å². The Kier molecular flexibility index (Phi) is 6.91. The van der Waals surface area contributed by atoms with Gasteiger partial charge in [-0.2, -0.15) is 0 Å². The van der Waals surface area contributed by atoms with Gasteiger partial charge in [-0.15, -0.1) is 0 Å². The molecule has 1 aromatic rings. The molecule has 2 aliphatic heterocycles. The largest absolute Gasteiger partial charge is 0.492 e. The van der Waals surface area contributed by atoms with Gasteiger partial charge >= 0.3 is 0 Å². The Balaban J connectivity index is 1.34. The Morgan fingerprint density at radius 3 is 2.58 bits per heavy atom. The number of ether oxygens (including phenoxy) is 2. The normalized spacial score (nSPS) is 20.3. The maximum atomic E-state index is 12.3. The molecule has 1 atom stereocenters. The van der Waals surface area contributed by atoms with Crippen LogP contribution in [-0.4, -0.2) is 67.1 Å². The molecule has 2 heterocycles. The highest BCUT2D eigenvalue weighted by atomic mass is 79.9. The number of carbonyl (C=O) groups excluding carboxylic acids is 2. The Morgan fingerprint density at radius 1 is 1.15 bits per heavy atom. The summed E-state index contributed by atoms with van der Waals surface area (Å²) in [4.78, 5) is 28.3. The number of piperazine rings is 1. The van der Waals surface area contributed by atoms with Crippen LogP contribution in [0.4, 0.5) is 0 Å². The third-order valence-corrected chi connectivity index (χ3v) is 5.43. The lowest BCUT2D eigenvalue weighted by atomic mass is 10.2. The molecular formula is C19H25BrN2O4. The molecule has 2 saturated heterocycles. The lowest BCUT2D eigenvalue weighted by Gasteiger charge is -2.35. The lowest BCUT2D eigenvalue weighted by molar-refractivity contribution is -0.146. The Hall–Kier alpha value is -1.60. The second kappa shape index (κ2) is 9.37. The number of rotatable bonds is 6. The van der Waals surface area contributed by atoms with Crippen LogP contribution in [0.15, 0.2) is 28.7 Å². The SMILES string of the molecule is O=C(CCCOc1ccccc1Br)N1CCN(C(=O)C2CCCO2)CC1. The number of para-hydroxylation sites is 1. The molecule has 3 rings (SSSR count). The van der Waals surface area contributed by atoms with E-state index >= 15 is 0 Å². The average molecular weight is 425 g/mol. The average Bonchev–Trinajstić information content (AvgIpc) is 3.20. The molecule has 1 unspecified atom stereocenters. The van der Waals surface area contributed by atoms with Crippen molar-refractivity contribution in [2.75, 3.05) is 39.4 Å². The summed E-state index contributed by atoms with van der Waals surface area (Å²) in [5.41, 5.74) is 0. The highest BCUT2D eigenvalue weighted by molar-refractivity contribution is 9.10. The predicted molar refractivity (Wildman–Crippen MR) is 101 cm³/mol. The molecule has 6 nitrogen and oxygen atoms in total. The van der Waals surface area contributed by atoms with Crippen LogP contribution in [0.5, 0.6) is 5.75 Å². The molecule has 7 heteroatoms. The number of carbonyl (C=O) groups is 2. The summed E-state index contributed by atoms with van der Waals surface area (Å²) in [6.45, 7) is 3.57. The predicted octanol–water partition coefficient (Wildman–Crippen LogP) is 2.46. The highest BCUT2D eigenvalue weighted by Gasteiger charge is 2.31. The first-order valence-electron chi connectivity index (χ1n) is 9.20. The highest BCUT2D eigenvalue weighted by Crippen LogP contribution is 2.24. The van der Waals surface area contributed by atoms with E-state index in [2.05, 4.69) is 15.9 Å². The summed E-state index contributed by atoms with van der Waals surface area (Å²) in [5, 5.41) is 0. The second-order valence-corrected chi connectivity index (χ2v) is 7.44. The van der Waals surface area contributed by atoms with E-state index in [0.29, 0.717) is 52.2 Å². The van der Waals surface area contributed by atoms with Crippen LogP contribution >= 0.6 is 15.9 Å². The van der Waals surface area contributed by atoms with E-state index < -0.39 is 0 Å². The Labute approximate surface area is 162 Å². The van der Waals surface area contributed by atoms with Crippen molar-refractivity contribution in [3.63, 3.8) is 0 Å². The molecule has 2 amide bonds. The standard InChI is InChI=1S/C19H25BrN2O4/c20-15-5-1-2-6-16(15)25-14-4-8-18(23)21-9-11-22(12-10-21)19(24)17-7-3-13-26-17/h1-2,5-6,17H,3-4,7-14H2. The molecule has 2 aliphatic rings. The minimum atomic E-state index is -0.272. The topological polar surface area (TPSA) is 59.1 Å². The van der Waals surface area contributed by atoms with Gasteiger partial charge in [-0.05, 0) is 47.3 Å². The summed E-state index contributed by atoms with van der Waals surface area (Å²) in [6, 6.07) is 7.68. The minimum absolute atomic E-state index is 0.0800. The van der Waals surface area contributed by atoms with E-state index in [1.807, 2.05) is 34.1 Å². The smallest absolute Gasteiger partial charge is 0.251 e. The maximum absolute atomic E-state index is 12.3. The number of benzene rings is 1. The van der Waals surface area contributed by atoms with Crippen LogP contribution in [-0.2, 0) is 14.3 Å². The van der Waals surface area contributed by atoms with Gasteiger partial charge in [0.2, 0.25) is 5.91 Å². The third kappa shape index (κ3) is 4.98. The molecule has 0 saturated carbocycles. The zero-order chi connectivity index (χ0) is 18.4. The molecule has 2 fully saturated rings. The van der Waals surface area contributed by atoms with Crippen LogP contribution in [0.1, 0.15) is 25.7 Å². The summed E-state index contributed by atoms with van der Waals surface area (Å²) in [7, 11) is 0. The number of hydrogen-bond acceptors (Lipinski definition) is 4. The summed E-state index contributed by atoms with van der Waals surface area (Å²) in [5.74, 6) is 1.00. The van der Waals surface area contributed by atoms with Crippen molar-refractivity contribution in [2.24, 2.45) is 0 Å². The third-order valence-electron chi connectivity index (χ3n) is 4.78. The quantitative estimate of drug-likeness (QED) is 0.658. The molecule has 0 N–H and O–H groups in total. The molecule has 0 aliphatic carbocycles. The van der Waals surface area contributed by atoms with Gasteiger partial charge in [-0.1, -0.05) is 12.1 Å². The molecular weight excluding hydrogens is 400 g/mol. The van der Waals surface area contributed by atoms with Crippen LogP contribution in [0.2, 0.25) is 0 Å². The summed E-state index contributed by atoms with van der Waals surface area (Å²) in [6.07, 6.45) is 2.64. The summed E-state index contributed by atoms with van der Waals surface area (Å²) >= 11 is 3.44. The zero-order valence-corrected chi connectivity index (χ0v) is 16.4. The minimum Gasteiger partial charge on any atom is -0.492 e. The van der Waals surface area contributed by atoms with Gasteiger partial charge in [-0.25, -0.2) is 0 Å². The van der Waals surface area contributed by atoms with Crippen molar-refractivity contribution in [3.05, 3.63) is 28.7 Å². The second-order valence-electron chi connectivity index (χ2n) is 6.59. The first kappa shape index (κ1) is 19.2. The van der Waals surface area contributed by atoms with Crippen molar-refractivity contribution in [2.45, 2.75) is 31.8 Å². The van der Waals surface area contributed by atoms with Gasteiger partial charge in [0.1, 0.15) is 11.9 Å². The van der Waals surface area contributed by atoms with Crippen LogP contribution in [0.3, 0.4) is 0 Å². The van der Waals surface area contributed by atoms with Gasteiger partial charge in [0.15, 0.2) is 0 Å². The Morgan fingerprint density at radius 2 is 1.88 bits per heavy atom. The fourth-order valence-electron chi connectivity index (χ4n) is 3.28. The van der Waals surface area contributed by atoms with E-state index in [0.717, 1.165) is 23.1 Å². The van der Waals surface area contributed by atoms with Gasteiger partial charge in [0, 0.05) is 39.2 Å². The molecule has 0 bridgehead atoms. The van der Waals surface area contributed by atoms with Gasteiger partial charge in [0.05, 0.1) is 11.1 Å². The number of halogens is 1. The van der Waals surface area contributed by atoms with Crippen LogP contribution < -0.4 is 4.74 Å². The fraction of sp³-hybridized carbons (Fsp3) is 0.579. The van der Waals surface area contributed by atoms with Crippen molar-refractivity contribution in [1.29, 1.82) is 0 Å². The molecule has 0 spiro atoms. The van der Waals surface area contributed by atoms with Crippen molar-refractivity contribution >= 4 is 27.7 Å². The van der Waals surface area contributed by atoms with Crippen LogP contribution in [0, 0.1) is 0 Å². The van der Waals surface area contributed by atoms with E-state index in [1.165, 1.54) is 0 Å². The molecule has 142 valence electrons. The van der Waals surface area contributed by atoms with Gasteiger partial charge in [0.25, 0.3) is 5.91 Å². The van der Waals surface area contributed by atoms with E-state index in [-0.39, 0.29) is 17.9 Å². The number of amides is 2. The molecule has 26 heavy (non-hydrogen) atoms. The fourth-order valence-corrected chi connectivity index (χ4v) is 3.68. The number of nitrogens with zero attached hydrogens (tertiary/aromatic N) is 2. The van der Waals surface area contributed by atoms with Crippen molar-refractivity contribution in [1.82, 2.24) is 9.80 Å². The molecule has 0 aromatic heterocycles. The van der Waals surface area contributed by atoms with Gasteiger partial charge in [-0.3, -0.25) is 9.59 Å². The monoisotopic (exact) mass is 424 g/mol.